The minimum Gasteiger partial charge on any atom is -0.492 e. The number of nitrogens with zero attached hydrogens (tertiary/aromatic N) is 1. The summed E-state index contributed by atoms with van der Waals surface area (Å²) >= 11 is 0. The fourth-order valence-corrected chi connectivity index (χ4v) is 2.28. The van der Waals surface area contributed by atoms with Gasteiger partial charge < -0.3 is 24.8 Å². The van der Waals surface area contributed by atoms with Crippen molar-refractivity contribution >= 4 is 0 Å². The van der Waals surface area contributed by atoms with Gasteiger partial charge in [-0.15, -0.1) is 0 Å². The molecule has 0 saturated carbocycles. The first-order chi connectivity index (χ1) is 9.78. The summed E-state index contributed by atoms with van der Waals surface area (Å²) in [7, 11) is 0. The van der Waals surface area contributed by atoms with E-state index in [1.165, 1.54) is 0 Å². The van der Waals surface area contributed by atoms with Gasteiger partial charge in [-0.3, -0.25) is 0 Å². The predicted molar refractivity (Wildman–Crippen MR) is 78.6 cm³/mol. The van der Waals surface area contributed by atoms with E-state index in [4.69, 9.17) is 19.9 Å². The standard InChI is InChI=1S/C15H24N2O3/c1-3-17(4-2)7-8-18-13-10-15-14(19-11-20-15)9-12(13)5-6-16/h9-10H,3-8,11,16H2,1-2H3. The van der Waals surface area contributed by atoms with Crippen LogP contribution in [0, 0.1) is 0 Å². The third kappa shape index (κ3) is 3.55. The van der Waals surface area contributed by atoms with Crippen LogP contribution < -0.4 is 19.9 Å². The average molecular weight is 280 g/mol. The van der Waals surface area contributed by atoms with Crippen molar-refractivity contribution in [3.05, 3.63) is 17.7 Å². The summed E-state index contributed by atoms with van der Waals surface area (Å²) in [5.41, 5.74) is 6.74. The molecule has 1 aromatic carbocycles. The maximum absolute atomic E-state index is 5.92. The molecule has 1 aliphatic rings. The summed E-state index contributed by atoms with van der Waals surface area (Å²) in [5.74, 6) is 2.39. The Morgan fingerprint density at radius 1 is 1.20 bits per heavy atom. The minimum absolute atomic E-state index is 0.278. The van der Waals surface area contributed by atoms with Gasteiger partial charge in [-0.1, -0.05) is 13.8 Å². The molecule has 1 aliphatic heterocycles. The van der Waals surface area contributed by atoms with E-state index in [-0.39, 0.29) is 6.79 Å². The Hall–Kier alpha value is -1.46. The van der Waals surface area contributed by atoms with E-state index in [1.807, 2.05) is 12.1 Å². The lowest BCUT2D eigenvalue weighted by atomic mass is 10.1. The molecule has 0 saturated heterocycles. The SMILES string of the molecule is CCN(CC)CCOc1cc2c(cc1CCN)OCO2. The van der Waals surface area contributed by atoms with Crippen molar-refractivity contribution < 1.29 is 14.2 Å². The Kier molecular flexibility index (Phi) is 5.49. The van der Waals surface area contributed by atoms with Gasteiger partial charge in [0.25, 0.3) is 0 Å². The molecule has 2 rings (SSSR count). The zero-order chi connectivity index (χ0) is 14.4. The molecule has 1 aromatic rings. The first kappa shape index (κ1) is 14.9. The van der Waals surface area contributed by atoms with E-state index >= 15 is 0 Å². The van der Waals surface area contributed by atoms with Gasteiger partial charge in [0.2, 0.25) is 6.79 Å². The highest BCUT2D eigenvalue weighted by molar-refractivity contribution is 5.52. The molecule has 0 atom stereocenters. The third-order valence-electron chi connectivity index (χ3n) is 3.53. The fourth-order valence-electron chi connectivity index (χ4n) is 2.28. The zero-order valence-corrected chi connectivity index (χ0v) is 12.4. The topological polar surface area (TPSA) is 57.0 Å². The van der Waals surface area contributed by atoms with Gasteiger partial charge in [0.15, 0.2) is 11.5 Å². The molecular weight excluding hydrogens is 256 g/mol. The van der Waals surface area contributed by atoms with Crippen LogP contribution in [0.2, 0.25) is 0 Å². The maximum Gasteiger partial charge on any atom is 0.231 e. The van der Waals surface area contributed by atoms with E-state index in [1.54, 1.807) is 0 Å². The van der Waals surface area contributed by atoms with E-state index in [0.717, 1.165) is 48.9 Å². The second-order valence-electron chi connectivity index (χ2n) is 4.73. The number of nitrogens with two attached hydrogens (primary N) is 1. The summed E-state index contributed by atoms with van der Waals surface area (Å²) in [6.45, 7) is 8.84. The first-order valence-electron chi connectivity index (χ1n) is 7.26. The minimum atomic E-state index is 0.278. The summed E-state index contributed by atoms with van der Waals surface area (Å²) in [4.78, 5) is 2.33. The summed E-state index contributed by atoms with van der Waals surface area (Å²) in [6.07, 6.45) is 0.775. The number of benzene rings is 1. The molecule has 0 spiro atoms. The van der Waals surface area contributed by atoms with Gasteiger partial charge in [-0.2, -0.15) is 0 Å². The Morgan fingerprint density at radius 3 is 2.55 bits per heavy atom. The van der Waals surface area contributed by atoms with Crippen LogP contribution in [0.4, 0.5) is 0 Å². The Balaban J connectivity index is 2.02. The highest BCUT2D eigenvalue weighted by Gasteiger charge is 2.17. The maximum atomic E-state index is 5.92. The van der Waals surface area contributed by atoms with Crippen LogP contribution in [0.15, 0.2) is 12.1 Å². The molecule has 5 nitrogen and oxygen atoms in total. The fraction of sp³-hybridized carbons (Fsp3) is 0.600. The second kappa shape index (κ2) is 7.36. The Morgan fingerprint density at radius 2 is 1.90 bits per heavy atom. The molecule has 0 fully saturated rings. The number of hydrogen-bond acceptors (Lipinski definition) is 5. The van der Waals surface area contributed by atoms with Crippen LogP contribution in [0.1, 0.15) is 19.4 Å². The lowest BCUT2D eigenvalue weighted by Gasteiger charge is -2.19. The number of hydrogen-bond donors (Lipinski definition) is 1. The average Bonchev–Trinajstić information content (AvgIpc) is 2.91. The van der Waals surface area contributed by atoms with E-state index in [9.17, 15) is 0 Å². The van der Waals surface area contributed by atoms with Gasteiger partial charge in [-0.25, -0.2) is 0 Å². The summed E-state index contributed by atoms with van der Waals surface area (Å²) in [5, 5.41) is 0. The molecule has 112 valence electrons. The number of ether oxygens (including phenoxy) is 3. The second-order valence-corrected chi connectivity index (χ2v) is 4.73. The quantitative estimate of drug-likeness (QED) is 0.784. The van der Waals surface area contributed by atoms with Gasteiger partial charge in [0, 0.05) is 12.6 Å². The Labute approximate surface area is 120 Å². The normalized spacial score (nSPS) is 13.0. The van der Waals surface area contributed by atoms with E-state index in [2.05, 4.69) is 18.7 Å². The molecule has 20 heavy (non-hydrogen) atoms. The lowest BCUT2D eigenvalue weighted by Crippen LogP contribution is -2.28. The molecule has 0 aromatic heterocycles. The molecule has 5 heteroatoms. The monoisotopic (exact) mass is 280 g/mol. The molecule has 0 radical (unpaired) electrons. The number of rotatable bonds is 8. The molecule has 0 aliphatic carbocycles. The number of fused-ring (bicyclic) bond motifs is 1. The summed E-state index contributed by atoms with van der Waals surface area (Å²) in [6, 6.07) is 3.89. The lowest BCUT2D eigenvalue weighted by molar-refractivity contribution is 0.173. The highest BCUT2D eigenvalue weighted by atomic mass is 16.7. The van der Waals surface area contributed by atoms with Crippen molar-refractivity contribution in [2.75, 3.05) is 39.6 Å². The van der Waals surface area contributed by atoms with Crippen molar-refractivity contribution in [1.29, 1.82) is 0 Å². The molecule has 0 bridgehead atoms. The zero-order valence-electron chi connectivity index (χ0n) is 12.4. The van der Waals surface area contributed by atoms with Crippen molar-refractivity contribution in [1.82, 2.24) is 4.90 Å². The third-order valence-corrected chi connectivity index (χ3v) is 3.53. The smallest absolute Gasteiger partial charge is 0.231 e. The largest absolute Gasteiger partial charge is 0.492 e. The van der Waals surface area contributed by atoms with E-state index < -0.39 is 0 Å². The molecule has 0 amide bonds. The molecule has 0 unspecified atom stereocenters. The van der Waals surface area contributed by atoms with Crippen LogP contribution in [-0.2, 0) is 6.42 Å². The van der Waals surface area contributed by atoms with Crippen molar-refractivity contribution in [2.24, 2.45) is 5.73 Å². The first-order valence-corrected chi connectivity index (χ1v) is 7.26. The van der Waals surface area contributed by atoms with Crippen LogP contribution in [0.3, 0.4) is 0 Å². The number of likely N-dealkylation sites (N-methyl/N-ethyl adjacent to an activating group) is 1. The predicted octanol–water partition coefficient (Wildman–Crippen LogP) is 1.64. The van der Waals surface area contributed by atoms with Crippen molar-refractivity contribution in [2.45, 2.75) is 20.3 Å². The summed E-state index contributed by atoms with van der Waals surface area (Å²) < 4.78 is 16.7. The molecular formula is C15H24N2O3. The van der Waals surface area contributed by atoms with Gasteiger partial charge in [0.05, 0.1) is 0 Å². The van der Waals surface area contributed by atoms with Crippen molar-refractivity contribution in [3.63, 3.8) is 0 Å². The highest BCUT2D eigenvalue weighted by Crippen LogP contribution is 2.38. The van der Waals surface area contributed by atoms with Gasteiger partial charge in [-0.05, 0) is 37.7 Å². The van der Waals surface area contributed by atoms with Crippen LogP contribution in [-0.4, -0.2) is 44.5 Å². The van der Waals surface area contributed by atoms with Crippen LogP contribution in [0.5, 0.6) is 17.2 Å². The molecule has 2 N–H and O–H groups in total. The van der Waals surface area contributed by atoms with Crippen molar-refractivity contribution in [3.8, 4) is 17.2 Å². The van der Waals surface area contributed by atoms with Crippen LogP contribution in [0.25, 0.3) is 0 Å². The van der Waals surface area contributed by atoms with E-state index in [0.29, 0.717) is 13.2 Å². The van der Waals surface area contributed by atoms with Gasteiger partial charge in [0.1, 0.15) is 12.4 Å². The molecule has 1 heterocycles. The van der Waals surface area contributed by atoms with Crippen LogP contribution >= 0.6 is 0 Å². The Bertz CT molecular complexity index is 433. The van der Waals surface area contributed by atoms with Gasteiger partial charge >= 0.3 is 0 Å².